The lowest BCUT2D eigenvalue weighted by Gasteiger charge is -2.19. The van der Waals surface area contributed by atoms with Crippen molar-refractivity contribution in [3.63, 3.8) is 0 Å². The van der Waals surface area contributed by atoms with Crippen LogP contribution in [-0.2, 0) is 16.0 Å². The number of rotatable bonds is 4. The first kappa shape index (κ1) is 15.6. The smallest absolute Gasteiger partial charge is 0.203 e. The number of allylic oxidation sites excluding steroid dienone is 2. The Morgan fingerprint density at radius 2 is 1.96 bits per heavy atom. The largest absolute Gasteiger partial charge is 0.500 e. The molecular weight excluding hydrogens is 296 g/mol. The van der Waals surface area contributed by atoms with Crippen LogP contribution < -0.4 is 9.47 Å². The predicted molar refractivity (Wildman–Crippen MR) is 84.2 cm³/mol. The van der Waals surface area contributed by atoms with E-state index >= 15 is 0 Å². The van der Waals surface area contributed by atoms with Gasteiger partial charge in [0.15, 0.2) is 5.78 Å². The van der Waals surface area contributed by atoms with Crippen molar-refractivity contribution in [1.82, 2.24) is 0 Å². The van der Waals surface area contributed by atoms with Gasteiger partial charge in [-0.3, -0.25) is 9.59 Å². The quantitative estimate of drug-likeness (QED) is 0.631. The zero-order valence-electron chi connectivity index (χ0n) is 13.7. The van der Waals surface area contributed by atoms with E-state index in [-0.39, 0.29) is 17.1 Å². The van der Waals surface area contributed by atoms with Crippen LogP contribution in [0.3, 0.4) is 0 Å². The average molecular weight is 316 g/mol. The van der Waals surface area contributed by atoms with Crippen LogP contribution in [0.1, 0.15) is 40.7 Å². The van der Waals surface area contributed by atoms with Gasteiger partial charge < -0.3 is 14.2 Å². The molecule has 0 amide bonds. The third-order valence-electron chi connectivity index (χ3n) is 4.40. The zero-order valence-corrected chi connectivity index (χ0v) is 13.7. The zero-order chi connectivity index (χ0) is 16.6. The van der Waals surface area contributed by atoms with Gasteiger partial charge in [-0.05, 0) is 25.0 Å². The molecule has 1 aromatic carbocycles. The number of ether oxygens (including phenoxy) is 3. The van der Waals surface area contributed by atoms with Crippen LogP contribution in [0, 0.1) is 6.92 Å². The molecule has 0 N–H and O–H groups in total. The van der Waals surface area contributed by atoms with E-state index in [9.17, 15) is 9.59 Å². The molecule has 0 saturated heterocycles. The number of ketones is 2. The van der Waals surface area contributed by atoms with Crippen LogP contribution in [0.25, 0.3) is 0 Å². The Bertz CT molecular complexity index is 715. The fraction of sp³-hybridized carbons (Fsp3) is 0.444. The van der Waals surface area contributed by atoms with Crippen molar-refractivity contribution in [3.05, 3.63) is 34.1 Å². The Morgan fingerprint density at radius 3 is 2.65 bits per heavy atom. The fourth-order valence-electron chi connectivity index (χ4n) is 3.34. The summed E-state index contributed by atoms with van der Waals surface area (Å²) < 4.78 is 16.4. The second-order valence-electron chi connectivity index (χ2n) is 5.79. The topological polar surface area (TPSA) is 61.8 Å². The van der Waals surface area contributed by atoms with Gasteiger partial charge in [-0.25, -0.2) is 0 Å². The van der Waals surface area contributed by atoms with Crippen molar-refractivity contribution < 1.29 is 23.8 Å². The van der Waals surface area contributed by atoms with Gasteiger partial charge >= 0.3 is 0 Å². The van der Waals surface area contributed by atoms with Crippen molar-refractivity contribution in [2.45, 2.75) is 32.6 Å². The monoisotopic (exact) mass is 316 g/mol. The lowest BCUT2D eigenvalue weighted by molar-refractivity contribution is -0.116. The molecule has 122 valence electrons. The molecule has 0 spiro atoms. The standard InChI is InChI=1S/C18H20O5/c1-10-9-12(18(22-3)11-7-8-23-17(10)11)16(20)15-13(19)5-4-6-14(15)21-2/h9H,4-8H2,1-3H3. The van der Waals surface area contributed by atoms with E-state index in [0.717, 1.165) is 16.9 Å². The minimum absolute atomic E-state index is 0.158. The van der Waals surface area contributed by atoms with Gasteiger partial charge in [0.25, 0.3) is 0 Å². The third kappa shape index (κ3) is 2.50. The van der Waals surface area contributed by atoms with E-state index in [1.807, 2.05) is 6.92 Å². The lowest BCUT2D eigenvalue weighted by atomic mass is 9.88. The van der Waals surface area contributed by atoms with Crippen LogP contribution in [0.15, 0.2) is 17.4 Å². The molecule has 0 bridgehead atoms. The molecule has 0 unspecified atom stereocenters. The Labute approximate surface area is 135 Å². The molecule has 1 aliphatic carbocycles. The predicted octanol–water partition coefficient (Wildman–Crippen LogP) is 2.77. The molecule has 0 aromatic heterocycles. The third-order valence-corrected chi connectivity index (χ3v) is 4.40. The first-order valence-electron chi connectivity index (χ1n) is 7.76. The van der Waals surface area contributed by atoms with Gasteiger partial charge in [0.2, 0.25) is 5.78 Å². The second kappa shape index (κ2) is 6.07. The van der Waals surface area contributed by atoms with Crippen molar-refractivity contribution in [2.75, 3.05) is 20.8 Å². The molecule has 23 heavy (non-hydrogen) atoms. The highest BCUT2D eigenvalue weighted by Crippen LogP contribution is 2.40. The molecule has 5 heteroatoms. The van der Waals surface area contributed by atoms with E-state index in [4.69, 9.17) is 14.2 Å². The highest BCUT2D eigenvalue weighted by atomic mass is 16.5. The van der Waals surface area contributed by atoms with Gasteiger partial charge in [-0.1, -0.05) is 0 Å². The Hall–Kier alpha value is -2.30. The number of Topliss-reactive ketones (excluding diaryl/α,β-unsaturated/α-hetero) is 2. The highest BCUT2D eigenvalue weighted by Gasteiger charge is 2.32. The number of methoxy groups -OCH3 is 2. The molecule has 1 aliphatic heterocycles. The fourth-order valence-corrected chi connectivity index (χ4v) is 3.34. The Morgan fingerprint density at radius 1 is 1.17 bits per heavy atom. The molecular formula is C18H20O5. The molecule has 3 rings (SSSR count). The molecule has 1 heterocycles. The Kier molecular flexibility index (Phi) is 4.11. The lowest BCUT2D eigenvalue weighted by Crippen LogP contribution is -2.21. The van der Waals surface area contributed by atoms with Crippen molar-refractivity contribution >= 4 is 11.6 Å². The first-order chi connectivity index (χ1) is 11.1. The number of carbonyl (C=O) groups is 2. The number of carbonyl (C=O) groups excluding carboxylic acids is 2. The summed E-state index contributed by atoms with van der Waals surface area (Å²) in [6.07, 6.45) is 2.40. The SMILES string of the molecule is COC1=C(C(=O)c2cc(C)c3c(c2OC)CCO3)C(=O)CCC1. The summed E-state index contributed by atoms with van der Waals surface area (Å²) in [7, 11) is 3.04. The summed E-state index contributed by atoms with van der Waals surface area (Å²) in [5, 5.41) is 0. The minimum atomic E-state index is -0.318. The summed E-state index contributed by atoms with van der Waals surface area (Å²) in [4.78, 5) is 25.3. The van der Waals surface area contributed by atoms with Crippen LogP contribution in [0.2, 0.25) is 0 Å². The van der Waals surface area contributed by atoms with Crippen LogP contribution in [-0.4, -0.2) is 32.4 Å². The average Bonchev–Trinajstić information content (AvgIpc) is 3.04. The van der Waals surface area contributed by atoms with E-state index in [2.05, 4.69) is 0 Å². The van der Waals surface area contributed by atoms with Gasteiger partial charge in [0.1, 0.15) is 22.8 Å². The number of fused-ring (bicyclic) bond motifs is 1. The maximum Gasteiger partial charge on any atom is 0.203 e. The van der Waals surface area contributed by atoms with Gasteiger partial charge in [0, 0.05) is 24.8 Å². The van der Waals surface area contributed by atoms with E-state index < -0.39 is 0 Å². The van der Waals surface area contributed by atoms with Crippen LogP contribution in [0.5, 0.6) is 11.5 Å². The summed E-state index contributed by atoms with van der Waals surface area (Å²) in [5.74, 6) is 1.29. The first-order valence-corrected chi connectivity index (χ1v) is 7.76. The summed E-state index contributed by atoms with van der Waals surface area (Å²) in [6, 6.07) is 1.74. The maximum atomic E-state index is 13.0. The number of hydrogen-bond acceptors (Lipinski definition) is 5. The molecule has 0 atom stereocenters. The van der Waals surface area contributed by atoms with Gasteiger partial charge in [-0.2, -0.15) is 0 Å². The number of aryl methyl sites for hydroxylation is 1. The number of benzene rings is 1. The molecule has 2 aliphatic rings. The summed E-state index contributed by atoms with van der Waals surface area (Å²) in [6.45, 7) is 2.48. The molecule has 1 aromatic rings. The van der Waals surface area contributed by atoms with E-state index in [1.54, 1.807) is 6.07 Å². The maximum absolute atomic E-state index is 13.0. The van der Waals surface area contributed by atoms with Crippen molar-refractivity contribution in [3.8, 4) is 11.5 Å². The molecule has 5 nitrogen and oxygen atoms in total. The number of hydrogen-bond donors (Lipinski definition) is 0. The minimum Gasteiger partial charge on any atom is -0.500 e. The normalized spacial score (nSPS) is 16.9. The summed E-state index contributed by atoms with van der Waals surface area (Å²) >= 11 is 0. The van der Waals surface area contributed by atoms with E-state index in [0.29, 0.717) is 49.4 Å². The van der Waals surface area contributed by atoms with Crippen molar-refractivity contribution in [2.24, 2.45) is 0 Å². The molecule has 0 saturated carbocycles. The molecule has 0 fully saturated rings. The van der Waals surface area contributed by atoms with Crippen LogP contribution >= 0.6 is 0 Å². The second-order valence-corrected chi connectivity index (χ2v) is 5.79. The van der Waals surface area contributed by atoms with Gasteiger partial charge in [-0.15, -0.1) is 0 Å². The molecule has 0 radical (unpaired) electrons. The van der Waals surface area contributed by atoms with Crippen LogP contribution in [0.4, 0.5) is 0 Å². The Balaban J connectivity index is 2.15. The summed E-state index contributed by atoms with van der Waals surface area (Å²) in [5.41, 5.74) is 2.35. The van der Waals surface area contributed by atoms with Crippen molar-refractivity contribution in [1.29, 1.82) is 0 Å². The van der Waals surface area contributed by atoms with Gasteiger partial charge in [0.05, 0.1) is 26.4 Å². The highest BCUT2D eigenvalue weighted by molar-refractivity contribution is 6.27. The van der Waals surface area contributed by atoms with E-state index in [1.165, 1.54) is 14.2 Å².